The fourth-order valence-corrected chi connectivity index (χ4v) is 5.68. The molecular weight excluding hydrogens is 272 g/mol. The summed E-state index contributed by atoms with van der Waals surface area (Å²) in [6.07, 6.45) is 3.01. The zero-order valence-electron chi connectivity index (χ0n) is 12.2. The van der Waals surface area contributed by atoms with Gasteiger partial charge in [0.2, 0.25) is 0 Å². The molecule has 1 fully saturated rings. The second kappa shape index (κ2) is 5.86. The van der Waals surface area contributed by atoms with Crippen molar-refractivity contribution < 1.29 is 13.5 Å². The molecule has 0 heterocycles. The van der Waals surface area contributed by atoms with Crippen LogP contribution >= 0.6 is 0 Å². The van der Waals surface area contributed by atoms with Crippen molar-refractivity contribution in [1.82, 2.24) is 0 Å². The number of aliphatic hydroxyl groups is 1. The summed E-state index contributed by atoms with van der Waals surface area (Å²) in [6.45, 7) is 4.04. The molecule has 0 radical (unpaired) electrons. The van der Waals surface area contributed by atoms with E-state index in [1.807, 2.05) is 13.0 Å². The molecular formula is C16H24O3S. The van der Waals surface area contributed by atoms with Crippen LogP contribution in [0.5, 0.6) is 0 Å². The minimum atomic E-state index is -3.47. The van der Waals surface area contributed by atoms with Gasteiger partial charge in [0.25, 0.3) is 0 Å². The number of aliphatic hydroxyl groups excluding tert-OH is 1. The highest BCUT2D eigenvalue weighted by Crippen LogP contribution is 2.57. The molecule has 1 unspecified atom stereocenters. The van der Waals surface area contributed by atoms with E-state index >= 15 is 0 Å². The Morgan fingerprint density at radius 3 is 2.45 bits per heavy atom. The molecule has 0 spiro atoms. The van der Waals surface area contributed by atoms with Gasteiger partial charge in [-0.3, -0.25) is 0 Å². The largest absolute Gasteiger partial charge is 0.391 e. The predicted molar refractivity (Wildman–Crippen MR) is 80.3 cm³/mol. The lowest BCUT2D eigenvalue weighted by Gasteiger charge is -2.24. The standard InChI is InChI=1S/C16H24O3S/c1-3-8-13-12-16(13,15(17)9-4-2)20(18,19)14-10-6-5-7-11-14/h5-7,10-11,13,15,17H,3-4,8-9,12H2,1-2H3/t13-,15?,16-/m1/s1. The third-order valence-electron chi connectivity index (χ3n) is 4.41. The van der Waals surface area contributed by atoms with Gasteiger partial charge in [0.15, 0.2) is 9.84 Å². The first-order valence-electron chi connectivity index (χ1n) is 7.48. The van der Waals surface area contributed by atoms with Gasteiger partial charge in [-0.2, -0.15) is 0 Å². The van der Waals surface area contributed by atoms with Gasteiger partial charge in [-0.25, -0.2) is 8.42 Å². The van der Waals surface area contributed by atoms with Crippen molar-refractivity contribution in [2.75, 3.05) is 0 Å². The van der Waals surface area contributed by atoms with Crippen LogP contribution in [0.4, 0.5) is 0 Å². The Hall–Kier alpha value is -0.870. The maximum absolute atomic E-state index is 13.0. The average molecular weight is 296 g/mol. The number of benzene rings is 1. The molecule has 20 heavy (non-hydrogen) atoms. The van der Waals surface area contributed by atoms with Gasteiger partial charge in [0, 0.05) is 0 Å². The van der Waals surface area contributed by atoms with Crippen molar-refractivity contribution in [3.8, 4) is 0 Å². The summed E-state index contributed by atoms with van der Waals surface area (Å²) in [7, 11) is -3.47. The van der Waals surface area contributed by atoms with Crippen LogP contribution in [0.1, 0.15) is 46.0 Å². The molecule has 0 amide bonds. The summed E-state index contributed by atoms with van der Waals surface area (Å²) in [4.78, 5) is 0.341. The molecule has 2 rings (SSSR count). The molecule has 1 saturated carbocycles. The molecule has 112 valence electrons. The molecule has 0 aliphatic heterocycles. The molecule has 0 saturated heterocycles. The van der Waals surface area contributed by atoms with Crippen LogP contribution in [0.25, 0.3) is 0 Å². The Kier molecular flexibility index (Phi) is 4.55. The highest BCUT2D eigenvalue weighted by atomic mass is 32.2. The number of hydrogen-bond donors (Lipinski definition) is 1. The zero-order valence-corrected chi connectivity index (χ0v) is 13.1. The van der Waals surface area contributed by atoms with Crippen molar-refractivity contribution in [2.45, 2.75) is 61.7 Å². The fourth-order valence-electron chi connectivity index (χ4n) is 3.27. The lowest BCUT2D eigenvalue weighted by molar-refractivity contribution is 0.143. The van der Waals surface area contributed by atoms with E-state index in [-0.39, 0.29) is 5.92 Å². The van der Waals surface area contributed by atoms with Crippen LogP contribution in [0.15, 0.2) is 35.2 Å². The van der Waals surface area contributed by atoms with Crippen LogP contribution in [0.2, 0.25) is 0 Å². The summed E-state index contributed by atoms with van der Waals surface area (Å²) >= 11 is 0. The molecule has 3 nitrogen and oxygen atoms in total. The Labute approximate surface area is 121 Å². The van der Waals surface area contributed by atoms with Gasteiger partial charge in [-0.05, 0) is 37.3 Å². The van der Waals surface area contributed by atoms with Gasteiger partial charge < -0.3 is 5.11 Å². The molecule has 1 aliphatic carbocycles. The first-order valence-corrected chi connectivity index (χ1v) is 8.96. The lowest BCUT2D eigenvalue weighted by Crippen LogP contribution is -2.38. The van der Waals surface area contributed by atoms with Crippen molar-refractivity contribution in [2.24, 2.45) is 5.92 Å². The van der Waals surface area contributed by atoms with Gasteiger partial charge >= 0.3 is 0 Å². The Morgan fingerprint density at radius 2 is 1.90 bits per heavy atom. The minimum absolute atomic E-state index is 0.0965. The molecule has 1 N–H and O–H groups in total. The molecule has 0 aromatic heterocycles. The maximum Gasteiger partial charge on any atom is 0.186 e. The Bertz CT molecular complexity index is 538. The van der Waals surface area contributed by atoms with E-state index in [4.69, 9.17) is 0 Å². The minimum Gasteiger partial charge on any atom is -0.391 e. The molecule has 4 heteroatoms. The quantitative estimate of drug-likeness (QED) is 0.840. The van der Waals surface area contributed by atoms with Gasteiger partial charge in [-0.15, -0.1) is 0 Å². The zero-order chi connectivity index (χ0) is 14.8. The second-order valence-corrected chi connectivity index (χ2v) is 8.00. The highest BCUT2D eigenvalue weighted by Gasteiger charge is 2.66. The maximum atomic E-state index is 13.0. The van der Waals surface area contributed by atoms with E-state index in [1.54, 1.807) is 24.3 Å². The van der Waals surface area contributed by atoms with Crippen LogP contribution in [0, 0.1) is 5.92 Å². The summed E-state index contributed by atoms with van der Waals surface area (Å²) in [5.74, 6) is 0.0965. The van der Waals surface area contributed by atoms with Crippen molar-refractivity contribution >= 4 is 9.84 Å². The third kappa shape index (κ3) is 2.40. The predicted octanol–water partition coefficient (Wildman–Crippen LogP) is 3.18. The monoisotopic (exact) mass is 296 g/mol. The number of hydrogen-bond acceptors (Lipinski definition) is 3. The summed E-state index contributed by atoms with van der Waals surface area (Å²) in [5, 5.41) is 10.5. The molecule has 3 atom stereocenters. The molecule has 1 aliphatic rings. The first-order chi connectivity index (χ1) is 9.50. The number of sulfone groups is 1. The molecule has 1 aromatic rings. The van der Waals surface area contributed by atoms with E-state index in [1.165, 1.54) is 0 Å². The van der Waals surface area contributed by atoms with Crippen molar-refractivity contribution in [3.05, 3.63) is 30.3 Å². The smallest absolute Gasteiger partial charge is 0.186 e. The van der Waals surface area contributed by atoms with Crippen molar-refractivity contribution in [1.29, 1.82) is 0 Å². The Morgan fingerprint density at radius 1 is 1.25 bits per heavy atom. The summed E-state index contributed by atoms with van der Waals surface area (Å²) in [6, 6.07) is 8.56. The van der Waals surface area contributed by atoms with Crippen LogP contribution in [-0.2, 0) is 9.84 Å². The first kappa shape index (κ1) is 15.5. The van der Waals surface area contributed by atoms with E-state index in [9.17, 15) is 13.5 Å². The van der Waals surface area contributed by atoms with Crippen molar-refractivity contribution in [3.63, 3.8) is 0 Å². The van der Waals surface area contributed by atoms with Gasteiger partial charge in [0.05, 0.1) is 11.0 Å². The summed E-state index contributed by atoms with van der Waals surface area (Å²) < 4.78 is 25.0. The number of rotatable bonds is 7. The van der Waals surface area contributed by atoms with Gasteiger partial charge in [-0.1, -0.05) is 44.9 Å². The van der Waals surface area contributed by atoms with E-state index in [0.29, 0.717) is 17.7 Å². The van der Waals surface area contributed by atoms with Crippen LogP contribution in [0.3, 0.4) is 0 Å². The second-order valence-electron chi connectivity index (χ2n) is 5.77. The fraction of sp³-hybridized carbons (Fsp3) is 0.625. The Balaban J connectivity index is 2.38. The highest BCUT2D eigenvalue weighted by molar-refractivity contribution is 7.93. The molecule has 0 bridgehead atoms. The topological polar surface area (TPSA) is 54.4 Å². The van der Waals surface area contributed by atoms with E-state index in [2.05, 4.69) is 6.92 Å². The molecule has 1 aromatic carbocycles. The van der Waals surface area contributed by atoms with Crippen LogP contribution in [-0.4, -0.2) is 24.4 Å². The lowest BCUT2D eigenvalue weighted by atomic mass is 10.1. The van der Waals surface area contributed by atoms with Crippen LogP contribution < -0.4 is 0 Å². The van der Waals surface area contributed by atoms with E-state index < -0.39 is 20.7 Å². The van der Waals surface area contributed by atoms with E-state index in [0.717, 1.165) is 19.3 Å². The van der Waals surface area contributed by atoms with Gasteiger partial charge in [0.1, 0.15) is 4.75 Å². The summed E-state index contributed by atoms with van der Waals surface area (Å²) in [5.41, 5.74) is 0. The average Bonchev–Trinajstić information content (AvgIpc) is 3.17. The third-order valence-corrected chi connectivity index (χ3v) is 7.08. The normalized spacial score (nSPS) is 27.2. The SMILES string of the molecule is CCCC(O)[C@@]1(S(=O)(=O)c2ccccc2)C[C@H]1CCC.